The first-order valence-corrected chi connectivity index (χ1v) is 0.928. The molecule has 40 valence electrons. The molecular weight excluding hydrogens is 143 g/mol. The van der Waals surface area contributed by atoms with E-state index in [-0.39, 0.29) is 36.3 Å². The van der Waals surface area contributed by atoms with Crippen molar-refractivity contribution in [2.24, 2.45) is 0 Å². The number of aliphatic carboxylic acids is 1. The molecule has 0 atom stereocenters. The van der Waals surface area contributed by atoms with Crippen LogP contribution in [0.1, 0.15) is 6.92 Å². The maximum Gasteiger partial charge on any atom is 2.00 e. The van der Waals surface area contributed by atoms with E-state index in [1.165, 1.54) is 0 Å². The fourth-order valence-corrected chi connectivity index (χ4v) is 0. The summed E-state index contributed by atoms with van der Waals surface area (Å²) in [7, 11) is 0. The first kappa shape index (κ1) is 26.9. The molecule has 0 amide bonds. The molecule has 5 heteroatoms. The molecular formula is C2H12B2O2Zn. The van der Waals surface area contributed by atoms with E-state index in [1.807, 2.05) is 0 Å². The molecule has 0 saturated carbocycles. The first-order chi connectivity index (χ1) is 1.73. The Kier molecular flexibility index (Phi) is 62.9. The van der Waals surface area contributed by atoms with Crippen LogP contribution >= 0.6 is 0 Å². The zero-order valence-corrected chi connectivity index (χ0v) is 6.03. The zero-order chi connectivity index (χ0) is 3.58. The SMILES string of the molecule is CC(=O)O.[BH4-].[BH4-].[Zn+2]. The molecule has 0 bridgehead atoms. The largest absolute Gasteiger partial charge is 2.00 e. The first-order valence-electron chi connectivity index (χ1n) is 0.928. The van der Waals surface area contributed by atoms with Gasteiger partial charge in [0.15, 0.2) is 0 Å². The molecule has 7 heavy (non-hydrogen) atoms. The van der Waals surface area contributed by atoms with Gasteiger partial charge in [-0.3, -0.25) is 4.79 Å². The summed E-state index contributed by atoms with van der Waals surface area (Å²) in [5.74, 6) is -0.833. The van der Waals surface area contributed by atoms with Crippen molar-refractivity contribution in [1.29, 1.82) is 0 Å². The van der Waals surface area contributed by atoms with Crippen molar-refractivity contribution in [2.75, 3.05) is 0 Å². The minimum Gasteiger partial charge on any atom is -0.481 e. The number of carboxylic acid groups (broad SMARTS) is 1. The van der Waals surface area contributed by atoms with Gasteiger partial charge in [-0.15, -0.1) is 0 Å². The Hall–Kier alpha value is 0.223. The maximum absolute atomic E-state index is 9.00. The Bertz CT molecular complexity index is 36.7. The quantitative estimate of drug-likeness (QED) is 0.383. The van der Waals surface area contributed by atoms with E-state index in [1.54, 1.807) is 0 Å². The fraction of sp³-hybridized carbons (Fsp3) is 0.500. The molecule has 0 aliphatic heterocycles. The second-order valence-electron chi connectivity index (χ2n) is 0.519. The van der Waals surface area contributed by atoms with E-state index in [0.29, 0.717) is 0 Å². The Labute approximate surface area is 59.6 Å². The topological polar surface area (TPSA) is 37.3 Å². The van der Waals surface area contributed by atoms with Crippen LogP contribution in [0.2, 0.25) is 0 Å². The van der Waals surface area contributed by atoms with Gasteiger partial charge in [-0.2, -0.15) is 0 Å². The molecule has 0 unspecified atom stereocenters. The average molecular weight is 155 g/mol. The van der Waals surface area contributed by atoms with E-state index in [4.69, 9.17) is 9.90 Å². The third kappa shape index (κ3) is 2230. The number of hydrogen-bond acceptors (Lipinski definition) is 1. The van der Waals surface area contributed by atoms with Crippen molar-refractivity contribution in [3.8, 4) is 0 Å². The summed E-state index contributed by atoms with van der Waals surface area (Å²) < 4.78 is 0. The Morgan fingerprint density at radius 1 is 1.43 bits per heavy atom. The summed E-state index contributed by atoms with van der Waals surface area (Å²) in [4.78, 5) is 9.00. The van der Waals surface area contributed by atoms with E-state index in [0.717, 1.165) is 6.92 Å². The monoisotopic (exact) mass is 154 g/mol. The van der Waals surface area contributed by atoms with Gasteiger partial charge in [-0.1, -0.05) is 16.8 Å². The summed E-state index contributed by atoms with van der Waals surface area (Å²) in [5.41, 5.74) is 0. The minimum atomic E-state index is -0.833. The molecule has 1 N–H and O–H groups in total. The van der Waals surface area contributed by atoms with Crippen LogP contribution in [0.3, 0.4) is 0 Å². The van der Waals surface area contributed by atoms with Crippen LogP contribution < -0.4 is 0 Å². The number of hydrogen-bond donors (Lipinski definition) is 1. The molecule has 0 aliphatic rings. The van der Waals surface area contributed by atoms with Crippen LogP contribution in [0.25, 0.3) is 0 Å². The molecule has 0 aromatic rings. The summed E-state index contributed by atoms with van der Waals surface area (Å²) in [6.07, 6.45) is 0. The second kappa shape index (κ2) is 16.3. The van der Waals surface area contributed by atoms with Crippen LogP contribution in [-0.2, 0) is 24.3 Å². The van der Waals surface area contributed by atoms with E-state index < -0.39 is 5.97 Å². The smallest absolute Gasteiger partial charge is 0.481 e. The van der Waals surface area contributed by atoms with E-state index >= 15 is 0 Å². The van der Waals surface area contributed by atoms with Gasteiger partial charge in [0.25, 0.3) is 5.97 Å². The van der Waals surface area contributed by atoms with Gasteiger partial charge in [0.1, 0.15) is 0 Å². The number of carboxylic acids is 1. The van der Waals surface area contributed by atoms with Crippen molar-refractivity contribution < 1.29 is 29.4 Å². The van der Waals surface area contributed by atoms with Gasteiger partial charge >= 0.3 is 19.5 Å². The summed E-state index contributed by atoms with van der Waals surface area (Å²) in [6, 6.07) is 0. The van der Waals surface area contributed by atoms with Crippen molar-refractivity contribution in [1.82, 2.24) is 0 Å². The van der Waals surface area contributed by atoms with Gasteiger partial charge in [0.2, 0.25) is 0 Å². The van der Waals surface area contributed by atoms with Gasteiger partial charge < -0.3 is 5.11 Å². The van der Waals surface area contributed by atoms with Gasteiger partial charge in [-0.05, 0) is 0 Å². The molecule has 0 fully saturated rings. The fourth-order valence-electron chi connectivity index (χ4n) is 0. The van der Waals surface area contributed by atoms with Crippen molar-refractivity contribution in [3.63, 3.8) is 0 Å². The van der Waals surface area contributed by atoms with Gasteiger partial charge in [0.05, 0.1) is 0 Å². The summed E-state index contributed by atoms with van der Waals surface area (Å²) >= 11 is 0. The molecule has 0 saturated heterocycles. The standard InChI is InChI=1S/C2H4O2.2BH4.Zn/c1-2(3)4;;;/h1H3,(H,3,4);2*1H4;/q;2*-1;+2. The van der Waals surface area contributed by atoms with Gasteiger partial charge in [0, 0.05) is 6.92 Å². The third-order valence-electron chi connectivity index (χ3n) is 0. The second-order valence-corrected chi connectivity index (χ2v) is 0.519. The van der Waals surface area contributed by atoms with E-state index in [2.05, 4.69) is 0 Å². The Morgan fingerprint density at radius 3 is 1.43 bits per heavy atom. The van der Waals surface area contributed by atoms with Crippen molar-refractivity contribution in [2.45, 2.75) is 6.92 Å². The van der Waals surface area contributed by atoms with Crippen LogP contribution in [0.4, 0.5) is 0 Å². The molecule has 0 aromatic carbocycles. The van der Waals surface area contributed by atoms with Crippen LogP contribution in [0, 0.1) is 0 Å². The minimum absolute atomic E-state index is 0. The molecule has 0 heterocycles. The van der Waals surface area contributed by atoms with Crippen LogP contribution in [0.15, 0.2) is 0 Å². The predicted octanol–water partition coefficient (Wildman–Crippen LogP) is -2.81. The van der Waals surface area contributed by atoms with E-state index in [9.17, 15) is 0 Å². The normalized spacial score (nSPS) is 3.57. The zero-order valence-electron chi connectivity index (χ0n) is 3.06. The molecule has 0 rings (SSSR count). The molecule has 0 aliphatic carbocycles. The van der Waals surface area contributed by atoms with Gasteiger partial charge in [-0.25, -0.2) is 0 Å². The average Bonchev–Trinajstić information content (AvgIpc) is 0.811. The summed E-state index contributed by atoms with van der Waals surface area (Å²) in [5, 5.41) is 7.42. The molecule has 2 nitrogen and oxygen atoms in total. The van der Waals surface area contributed by atoms with Crippen LogP contribution in [0.5, 0.6) is 0 Å². The summed E-state index contributed by atoms with van der Waals surface area (Å²) in [6.45, 7) is 1.08. The Morgan fingerprint density at radius 2 is 1.43 bits per heavy atom. The Balaban J connectivity index is -0.0000000150. The van der Waals surface area contributed by atoms with Crippen molar-refractivity contribution >= 4 is 22.8 Å². The third-order valence-corrected chi connectivity index (χ3v) is 0. The molecule has 0 radical (unpaired) electrons. The number of rotatable bonds is 0. The number of carbonyl (C=O) groups is 1. The molecule has 0 aromatic heterocycles. The van der Waals surface area contributed by atoms with Crippen molar-refractivity contribution in [3.05, 3.63) is 0 Å². The van der Waals surface area contributed by atoms with Crippen LogP contribution in [-0.4, -0.2) is 27.9 Å². The maximum atomic E-state index is 9.00. The molecule has 0 spiro atoms. The predicted molar refractivity (Wildman–Crippen MR) is 36.0 cm³/mol.